The fourth-order valence-electron chi connectivity index (χ4n) is 7.48. The molecule has 0 saturated heterocycles. The zero-order chi connectivity index (χ0) is 34.8. The number of thiophene rings is 2. The molecule has 10 rings (SSSR count). The van der Waals surface area contributed by atoms with Crippen molar-refractivity contribution < 1.29 is 0 Å². The van der Waals surface area contributed by atoms with Crippen LogP contribution in [0.25, 0.3) is 79.0 Å². The number of nitrogens with zero attached hydrogens (tertiary/aromatic N) is 3. The Morgan fingerprint density at radius 2 is 1.10 bits per heavy atom. The van der Waals surface area contributed by atoms with Gasteiger partial charge in [0.15, 0.2) is 0 Å². The van der Waals surface area contributed by atoms with Crippen molar-refractivity contribution >= 4 is 102 Å². The van der Waals surface area contributed by atoms with Gasteiger partial charge in [-0.1, -0.05) is 140 Å². The first-order chi connectivity index (χ1) is 25.6. The second kappa shape index (κ2) is 12.3. The normalized spacial score (nSPS) is 12.6. The molecule has 0 amide bonds. The van der Waals surface area contributed by atoms with Crippen molar-refractivity contribution in [3.63, 3.8) is 0 Å². The van der Waals surface area contributed by atoms with E-state index in [-0.39, 0.29) is 0 Å². The van der Waals surface area contributed by atoms with Crippen LogP contribution in [0.1, 0.15) is 18.1 Å². The molecular weight excluding hydrogens is 671 g/mol. The molecule has 5 heteroatoms. The van der Waals surface area contributed by atoms with Gasteiger partial charge in [-0.05, 0) is 47.9 Å². The summed E-state index contributed by atoms with van der Waals surface area (Å²) < 4.78 is 7.23. The molecule has 246 valence electrons. The number of hydrogen-bond acceptors (Lipinski definition) is 3. The van der Waals surface area contributed by atoms with Crippen molar-refractivity contribution in [2.75, 3.05) is 0 Å². The summed E-state index contributed by atoms with van der Waals surface area (Å²) in [5.41, 5.74) is 8.10. The molecule has 0 fully saturated rings. The first-order valence-electron chi connectivity index (χ1n) is 17.4. The third kappa shape index (κ3) is 4.93. The van der Waals surface area contributed by atoms with E-state index in [1.807, 2.05) is 17.4 Å². The number of aromatic nitrogens is 1. The highest BCUT2D eigenvalue weighted by atomic mass is 32.1. The molecule has 0 N–H and O–H groups in total. The minimum atomic E-state index is 0.583. The van der Waals surface area contributed by atoms with Crippen LogP contribution < -0.4 is 0 Å². The monoisotopic (exact) mass is 701 g/mol. The second-order valence-corrected chi connectivity index (χ2v) is 15.2. The molecule has 0 saturated carbocycles. The summed E-state index contributed by atoms with van der Waals surface area (Å²) in [5, 5.41) is 7.43. The van der Waals surface area contributed by atoms with Crippen molar-refractivity contribution in [2.24, 2.45) is 9.98 Å². The lowest BCUT2D eigenvalue weighted by atomic mass is 10.0. The second-order valence-electron chi connectivity index (χ2n) is 13.1. The Labute approximate surface area is 308 Å². The number of aliphatic imine (C=N–C) groups is 2. The molecule has 0 bridgehead atoms. The third-order valence-corrected chi connectivity index (χ3v) is 12.4. The van der Waals surface area contributed by atoms with Crippen LogP contribution in [-0.2, 0) is 0 Å². The highest BCUT2D eigenvalue weighted by Gasteiger charge is 2.20. The topological polar surface area (TPSA) is 29.6 Å². The van der Waals surface area contributed by atoms with Gasteiger partial charge >= 0.3 is 0 Å². The van der Waals surface area contributed by atoms with Gasteiger partial charge in [-0.2, -0.15) is 0 Å². The van der Waals surface area contributed by atoms with Crippen LogP contribution in [0.3, 0.4) is 0 Å². The Hall–Kier alpha value is -6.14. The maximum atomic E-state index is 5.38. The van der Waals surface area contributed by atoms with E-state index in [2.05, 4.69) is 170 Å². The predicted octanol–water partition coefficient (Wildman–Crippen LogP) is 13.6. The average molecular weight is 702 g/mol. The number of rotatable bonds is 4. The van der Waals surface area contributed by atoms with Crippen LogP contribution in [0.5, 0.6) is 0 Å². The van der Waals surface area contributed by atoms with Crippen LogP contribution in [0.4, 0.5) is 0 Å². The number of hydrogen-bond donors (Lipinski definition) is 0. The van der Waals surface area contributed by atoms with E-state index in [0.29, 0.717) is 11.7 Å². The van der Waals surface area contributed by atoms with Crippen molar-refractivity contribution in [3.05, 3.63) is 175 Å². The summed E-state index contributed by atoms with van der Waals surface area (Å²) >= 11 is 3.64. The molecule has 0 aliphatic carbocycles. The van der Waals surface area contributed by atoms with E-state index < -0.39 is 0 Å². The third-order valence-electron chi connectivity index (χ3n) is 10.0. The van der Waals surface area contributed by atoms with E-state index in [1.54, 1.807) is 11.3 Å². The molecule has 3 aromatic heterocycles. The summed E-state index contributed by atoms with van der Waals surface area (Å²) in [5.74, 6) is 0.583. The first kappa shape index (κ1) is 30.7. The molecule has 0 atom stereocenters. The first-order valence-corrected chi connectivity index (χ1v) is 19.0. The van der Waals surface area contributed by atoms with Gasteiger partial charge in [0, 0.05) is 62.4 Å². The van der Waals surface area contributed by atoms with E-state index in [4.69, 9.17) is 9.98 Å². The molecular formula is C47H31N3S2. The molecule has 52 heavy (non-hydrogen) atoms. The maximum absolute atomic E-state index is 5.38. The maximum Gasteiger partial charge on any atom is 0.235 e. The van der Waals surface area contributed by atoms with Crippen LogP contribution >= 0.6 is 22.7 Å². The van der Waals surface area contributed by atoms with Crippen LogP contribution in [0.2, 0.25) is 0 Å². The zero-order valence-electron chi connectivity index (χ0n) is 28.4. The molecule has 0 unspecified atom stereocenters. The highest BCUT2D eigenvalue weighted by Crippen LogP contribution is 2.43. The molecule has 0 aliphatic heterocycles. The van der Waals surface area contributed by atoms with Gasteiger partial charge in [0.05, 0.1) is 16.7 Å². The molecule has 0 aliphatic rings. The van der Waals surface area contributed by atoms with Gasteiger partial charge in [0.1, 0.15) is 0 Å². The van der Waals surface area contributed by atoms with Gasteiger partial charge < -0.3 is 0 Å². The molecule has 0 spiro atoms. The van der Waals surface area contributed by atoms with Gasteiger partial charge in [-0.3, -0.25) is 4.57 Å². The van der Waals surface area contributed by atoms with Crippen LogP contribution in [-0.4, -0.2) is 16.2 Å². The lowest BCUT2D eigenvalue weighted by Gasteiger charge is -2.11. The summed E-state index contributed by atoms with van der Waals surface area (Å²) in [4.78, 5) is 10.7. The van der Waals surface area contributed by atoms with Crippen molar-refractivity contribution in [1.82, 2.24) is 4.57 Å². The van der Waals surface area contributed by atoms with E-state index in [1.165, 1.54) is 62.2 Å². The zero-order valence-corrected chi connectivity index (χ0v) is 30.0. The van der Waals surface area contributed by atoms with Crippen molar-refractivity contribution in [2.45, 2.75) is 6.92 Å². The average Bonchev–Trinajstić information content (AvgIpc) is 3.87. The molecule has 7 aromatic carbocycles. The predicted molar refractivity (Wildman–Crippen MR) is 228 cm³/mol. The standard InChI is InChI=1S/C47H31N3S2/c1-29(31-23-25-33(26-24-31)32-13-4-3-5-14-32)48-47(49-30(2)34-18-12-19-37-35-15-7-10-21-42(35)51-45(34)37)50-40-20-9-6-17-39(40)44-41(50)28-27-38-36-16-8-11-22-43(36)52-46(38)44/h3-28H,2H2,1H3. The van der Waals surface area contributed by atoms with E-state index in [9.17, 15) is 0 Å². The Bertz CT molecular complexity index is 3080. The van der Waals surface area contributed by atoms with E-state index in [0.717, 1.165) is 27.9 Å². The van der Waals surface area contributed by atoms with Gasteiger partial charge in [0.2, 0.25) is 5.96 Å². The fourth-order valence-corrected chi connectivity index (χ4v) is 9.98. The Morgan fingerprint density at radius 1 is 0.500 bits per heavy atom. The minimum Gasteiger partial charge on any atom is -0.278 e. The Balaban J connectivity index is 1.20. The Morgan fingerprint density at radius 3 is 1.85 bits per heavy atom. The molecule has 0 radical (unpaired) electrons. The lowest BCUT2D eigenvalue weighted by molar-refractivity contribution is 1.22. The quantitative estimate of drug-likeness (QED) is 0.129. The summed E-state index contributed by atoms with van der Waals surface area (Å²) in [6, 6.07) is 55.9. The summed E-state index contributed by atoms with van der Waals surface area (Å²) in [6.07, 6.45) is 0. The van der Waals surface area contributed by atoms with Crippen molar-refractivity contribution in [3.8, 4) is 11.1 Å². The molecule has 10 aromatic rings. The SMILES string of the molecule is C=C(N=C(N=C(C)c1ccc(-c2ccccc2)cc1)n1c2ccccc2c2c3sc4ccccc4c3ccc21)c1cccc2c1sc1ccccc12. The van der Waals surface area contributed by atoms with E-state index >= 15 is 0 Å². The molecule has 3 nitrogen and oxygen atoms in total. The number of para-hydroxylation sites is 1. The highest BCUT2D eigenvalue weighted by molar-refractivity contribution is 7.27. The lowest BCUT2D eigenvalue weighted by Crippen LogP contribution is -2.12. The number of benzene rings is 7. The van der Waals surface area contributed by atoms with Gasteiger partial charge in [0.25, 0.3) is 0 Å². The van der Waals surface area contributed by atoms with Gasteiger partial charge in [-0.25, -0.2) is 9.98 Å². The van der Waals surface area contributed by atoms with Crippen LogP contribution in [0, 0.1) is 0 Å². The van der Waals surface area contributed by atoms with Gasteiger partial charge in [-0.15, -0.1) is 22.7 Å². The molecule has 3 heterocycles. The summed E-state index contributed by atoms with van der Waals surface area (Å²) in [7, 11) is 0. The smallest absolute Gasteiger partial charge is 0.235 e. The fraction of sp³-hybridized carbons (Fsp3) is 0.0213. The largest absolute Gasteiger partial charge is 0.278 e. The summed E-state index contributed by atoms with van der Waals surface area (Å²) in [6.45, 7) is 6.67. The number of fused-ring (bicyclic) bond motifs is 10. The minimum absolute atomic E-state index is 0.583. The Kier molecular flexibility index (Phi) is 7.24. The van der Waals surface area contributed by atoms with Crippen molar-refractivity contribution in [1.29, 1.82) is 0 Å². The van der Waals surface area contributed by atoms with Crippen LogP contribution in [0.15, 0.2) is 174 Å².